The highest BCUT2D eigenvalue weighted by atomic mass is 35.5. The average molecular weight is 317 g/mol. The van der Waals surface area contributed by atoms with Gasteiger partial charge in [0.2, 0.25) is 5.88 Å². The van der Waals surface area contributed by atoms with Crippen LogP contribution in [0.2, 0.25) is 5.02 Å². The molecule has 0 amide bonds. The summed E-state index contributed by atoms with van der Waals surface area (Å²) in [7, 11) is 0. The maximum Gasteiger partial charge on any atom is 0.417 e. The summed E-state index contributed by atoms with van der Waals surface area (Å²) in [5.74, 6) is 0.404. The molecule has 1 atom stereocenters. The normalized spacial score (nSPS) is 19.1. The number of halogens is 5. The minimum absolute atomic E-state index is 0. The number of ether oxygens (including phenoxy) is 1. The number of hydrogen-bond donors (Lipinski definition) is 1. The van der Waals surface area contributed by atoms with E-state index in [4.69, 9.17) is 16.3 Å². The first kappa shape index (κ1) is 16.3. The van der Waals surface area contributed by atoms with E-state index in [1.54, 1.807) is 0 Å². The number of aromatic nitrogens is 1. The molecule has 1 aliphatic heterocycles. The van der Waals surface area contributed by atoms with Crippen molar-refractivity contribution in [2.45, 2.75) is 12.6 Å². The van der Waals surface area contributed by atoms with Crippen LogP contribution in [0.5, 0.6) is 5.88 Å². The van der Waals surface area contributed by atoms with Crippen molar-refractivity contribution in [1.29, 1.82) is 0 Å². The largest absolute Gasteiger partial charge is 0.476 e. The van der Waals surface area contributed by atoms with Gasteiger partial charge in [-0.25, -0.2) is 4.98 Å². The summed E-state index contributed by atoms with van der Waals surface area (Å²) in [6.45, 7) is 2.19. The minimum atomic E-state index is -4.44. The van der Waals surface area contributed by atoms with Crippen molar-refractivity contribution in [2.24, 2.45) is 5.92 Å². The van der Waals surface area contributed by atoms with Crippen molar-refractivity contribution in [3.05, 3.63) is 22.8 Å². The number of nitrogens with zero attached hydrogens (tertiary/aromatic N) is 1. The van der Waals surface area contributed by atoms with Crippen LogP contribution in [-0.2, 0) is 6.18 Å². The summed E-state index contributed by atoms with van der Waals surface area (Å²) < 4.78 is 42.5. The van der Waals surface area contributed by atoms with E-state index < -0.39 is 11.7 Å². The van der Waals surface area contributed by atoms with Crippen LogP contribution in [0.3, 0.4) is 0 Å². The van der Waals surface area contributed by atoms with Gasteiger partial charge in [0, 0.05) is 18.7 Å². The smallest absolute Gasteiger partial charge is 0.417 e. The van der Waals surface area contributed by atoms with Crippen LogP contribution < -0.4 is 10.1 Å². The molecule has 0 bridgehead atoms. The van der Waals surface area contributed by atoms with Crippen LogP contribution in [-0.4, -0.2) is 24.7 Å². The van der Waals surface area contributed by atoms with Crippen LogP contribution in [0.25, 0.3) is 0 Å². The van der Waals surface area contributed by atoms with Gasteiger partial charge in [0.1, 0.15) is 5.02 Å². The lowest BCUT2D eigenvalue weighted by atomic mass is 10.1. The zero-order chi connectivity index (χ0) is 13.2. The van der Waals surface area contributed by atoms with E-state index in [1.807, 2.05) is 0 Å². The minimum Gasteiger partial charge on any atom is -0.476 e. The molecular formula is C11H13Cl2F3N2O. The maximum atomic E-state index is 12.4. The number of hydrogen-bond acceptors (Lipinski definition) is 3. The predicted octanol–water partition coefficient (Wildman–Crippen LogP) is 3.16. The lowest BCUT2D eigenvalue weighted by Gasteiger charge is -2.12. The summed E-state index contributed by atoms with van der Waals surface area (Å²) in [5.41, 5.74) is -0.873. The van der Waals surface area contributed by atoms with Crippen molar-refractivity contribution < 1.29 is 17.9 Å². The fraction of sp³-hybridized carbons (Fsp3) is 0.545. The Morgan fingerprint density at radius 2 is 2.21 bits per heavy atom. The van der Waals surface area contributed by atoms with Crippen molar-refractivity contribution in [3.63, 3.8) is 0 Å². The molecular weight excluding hydrogens is 304 g/mol. The third kappa shape index (κ3) is 4.40. The first-order valence-electron chi connectivity index (χ1n) is 5.53. The summed E-state index contributed by atoms with van der Waals surface area (Å²) in [4.78, 5) is 3.61. The highest BCUT2D eigenvalue weighted by Gasteiger charge is 2.31. The van der Waals surface area contributed by atoms with Crippen molar-refractivity contribution >= 4 is 24.0 Å². The molecule has 8 heteroatoms. The molecule has 19 heavy (non-hydrogen) atoms. The first-order valence-corrected chi connectivity index (χ1v) is 5.91. The summed E-state index contributed by atoms with van der Waals surface area (Å²) in [5, 5.41) is 3.06. The average Bonchev–Trinajstić information content (AvgIpc) is 2.79. The van der Waals surface area contributed by atoms with Gasteiger partial charge in [-0.2, -0.15) is 13.2 Å². The molecule has 1 N–H and O–H groups in total. The fourth-order valence-corrected chi connectivity index (χ4v) is 1.96. The lowest BCUT2D eigenvalue weighted by molar-refractivity contribution is -0.137. The van der Waals surface area contributed by atoms with Crippen molar-refractivity contribution in [1.82, 2.24) is 10.3 Å². The Hall–Kier alpha value is -0.720. The molecule has 1 fully saturated rings. The third-order valence-electron chi connectivity index (χ3n) is 2.75. The van der Waals surface area contributed by atoms with Crippen LogP contribution in [0.15, 0.2) is 12.3 Å². The molecule has 2 rings (SSSR count). The van der Waals surface area contributed by atoms with Gasteiger partial charge in [0.05, 0.1) is 12.2 Å². The van der Waals surface area contributed by atoms with Gasteiger partial charge in [-0.1, -0.05) is 11.6 Å². The second-order valence-corrected chi connectivity index (χ2v) is 4.59. The van der Waals surface area contributed by atoms with Gasteiger partial charge in [-0.05, 0) is 19.0 Å². The van der Waals surface area contributed by atoms with E-state index in [-0.39, 0.29) is 23.3 Å². The number of nitrogens with one attached hydrogen (secondary N) is 1. The Morgan fingerprint density at radius 1 is 1.47 bits per heavy atom. The topological polar surface area (TPSA) is 34.1 Å². The second kappa shape index (κ2) is 6.63. The summed E-state index contributed by atoms with van der Waals surface area (Å²) in [6.07, 6.45) is -2.73. The second-order valence-electron chi connectivity index (χ2n) is 4.18. The van der Waals surface area contributed by atoms with E-state index >= 15 is 0 Å². The molecule has 3 nitrogen and oxygen atoms in total. The predicted molar refractivity (Wildman–Crippen MR) is 68.0 cm³/mol. The Labute approximate surface area is 119 Å². The standard InChI is InChI=1S/C11H12ClF3N2O.ClH/c12-9-3-8(11(13,14)15)5-17-10(9)18-6-7-1-2-16-4-7;/h3,5,7,16H,1-2,4,6H2;1H. The zero-order valence-electron chi connectivity index (χ0n) is 9.84. The van der Waals surface area contributed by atoms with E-state index in [1.165, 1.54) is 0 Å². The van der Waals surface area contributed by atoms with Crippen molar-refractivity contribution in [2.75, 3.05) is 19.7 Å². The van der Waals surface area contributed by atoms with Gasteiger partial charge in [-0.15, -0.1) is 12.4 Å². The molecule has 0 aromatic carbocycles. The SMILES string of the molecule is Cl.FC(F)(F)c1cnc(OCC2CCNC2)c(Cl)c1. The molecule has 1 saturated heterocycles. The fourth-order valence-electron chi connectivity index (χ4n) is 1.74. The molecule has 2 heterocycles. The molecule has 0 saturated carbocycles. The van der Waals surface area contributed by atoms with Crippen molar-refractivity contribution in [3.8, 4) is 5.88 Å². The highest BCUT2D eigenvalue weighted by Crippen LogP contribution is 2.33. The van der Waals surface area contributed by atoms with E-state index in [0.717, 1.165) is 31.8 Å². The van der Waals surface area contributed by atoms with Gasteiger partial charge >= 0.3 is 6.18 Å². The van der Waals surface area contributed by atoms with Gasteiger partial charge in [0.25, 0.3) is 0 Å². The Morgan fingerprint density at radius 3 is 2.74 bits per heavy atom. The van der Waals surface area contributed by atoms with Gasteiger partial charge in [-0.3, -0.25) is 0 Å². The van der Waals surface area contributed by atoms with Crippen LogP contribution in [0, 0.1) is 5.92 Å². The molecule has 1 aromatic rings. The number of pyridine rings is 1. The monoisotopic (exact) mass is 316 g/mol. The Balaban J connectivity index is 0.00000180. The molecule has 1 unspecified atom stereocenters. The van der Waals surface area contributed by atoms with Crippen LogP contribution in [0.1, 0.15) is 12.0 Å². The first-order chi connectivity index (χ1) is 8.47. The summed E-state index contributed by atoms with van der Waals surface area (Å²) >= 11 is 5.72. The molecule has 0 spiro atoms. The Kier molecular flexibility index (Phi) is 5.70. The molecule has 0 aliphatic carbocycles. The lowest BCUT2D eigenvalue weighted by Crippen LogP contribution is -2.16. The zero-order valence-corrected chi connectivity index (χ0v) is 11.4. The van der Waals surface area contributed by atoms with Crippen LogP contribution >= 0.6 is 24.0 Å². The maximum absolute atomic E-state index is 12.4. The summed E-state index contributed by atoms with van der Waals surface area (Å²) in [6, 6.07) is 0.830. The number of alkyl halides is 3. The molecule has 1 aromatic heterocycles. The van der Waals surface area contributed by atoms with E-state index in [0.29, 0.717) is 12.5 Å². The molecule has 0 radical (unpaired) electrons. The number of rotatable bonds is 3. The molecule has 108 valence electrons. The van der Waals surface area contributed by atoms with E-state index in [9.17, 15) is 13.2 Å². The van der Waals surface area contributed by atoms with E-state index in [2.05, 4.69) is 10.3 Å². The molecule has 1 aliphatic rings. The third-order valence-corrected chi connectivity index (χ3v) is 3.02. The Bertz CT molecular complexity index is 423. The highest BCUT2D eigenvalue weighted by molar-refractivity contribution is 6.31. The van der Waals surface area contributed by atoms with Crippen LogP contribution in [0.4, 0.5) is 13.2 Å². The quantitative estimate of drug-likeness (QED) is 0.930. The van der Waals surface area contributed by atoms with Gasteiger partial charge < -0.3 is 10.1 Å². The van der Waals surface area contributed by atoms with Gasteiger partial charge in [0.15, 0.2) is 0 Å².